The predicted octanol–water partition coefficient (Wildman–Crippen LogP) is 3.72. The second-order valence-corrected chi connectivity index (χ2v) is 3.22. The van der Waals surface area contributed by atoms with Crippen molar-refractivity contribution >= 4 is 23.2 Å². The minimum atomic E-state index is -4.67. The molecule has 14 heavy (non-hydrogen) atoms. The second kappa shape index (κ2) is 3.90. The summed E-state index contributed by atoms with van der Waals surface area (Å²) in [5.41, 5.74) is -0.534. The van der Waals surface area contributed by atoms with Crippen LogP contribution >= 0.6 is 23.2 Å². The molecule has 0 radical (unpaired) electrons. The van der Waals surface area contributed by atoms with Gasteiger partial charge in [-0.25, -0.2) is 4.98 Å². The van der Waals surface area contributed by atoms with Crippen LogP contribution in [-0.4, -0.2) is 11.2 Å². The highest BCUT2D eigenvalue weighted by molar-refractivity contribution is 6.32. The van der Waals surface area contributed by atoms with Crippen molar-refractivity contribution < 1.29 is 17.6 Å². The highest BCUT2D eigenvalue weighted by Gasteiger charge is 2.40. The summed E-state index contributed by atoms with van der Waals surface area (Å²) in [5, 5.41) is -3.03. The standard InChI is InChI=1S/C7H3Cl2F4N/c8-4-3(1-2-14-6(4)10)5(9)7(11,12)13/h1-2,5H. The van der Waals surface area contributed by atoms with Crippen molar-refractivity contribution in [2.45, 2.75) is 11.6 Å². The molecular formula is C7H3Cl2F4N. The summed E-state index contributed by atoms with van der Waals surface area (Å²) in [4.78, 5) is 3.08. The lowest BCUT2D eigenvalue weighted by atomic mass is 10.2. The molecule has 0 aliphatic carbocycles. The molecule has 0 bridgehead atoms. The largest absolute Gasteiger partial charge is 0.408 e. The van der Waals surface area contributed by atoms with Crippen LogP contribution in [0.3, 0.4) is 0 Å². The number of hydrogen-bond acceptors (Lipinski definition) is 1. The molecule has 0 amide bonds. The zero-order chi connectivity index (χ0) is 10.9. The lowest BCUT2D eigenvalue weighted by Gasteiger charge is -2.14. The van der Waals surface area contributed by atoms with Crippen LogP contribution in [0.1, 0.15) is 10.9 Å². The van der Waals surface area contributed by atoms with E-state index in [1.807, 2.05) is 0 Å². The molecule has 0 aliphatic rings. The van der Waals surface area contributed by atoms with Gasteiger partial charge in [0.05, 0.1) is 0 Å². The Kier molecular flexibility index (Phi) is 3.21. The van der Waals surface area contributed by atoms with E-state index in [0.717, 1.165) is 12.3 Å². The van der Waals surface area contributed by atoms with Crippen molar-refractivity contribution in [1.82, 2.24) is 4.98 Å². The average molecular weight is 248 g/mol. The zero-order valence-electron chi connectivity index (χ0n) is 6.45. The normalized spacial score (nSPS) is 14.1. The van der Waals surface area contributed by atoms with Crippen LogP contribution in [0.5, 0.6) is 0 Å². The predicted molar refractivity (Wildman–Crippen MR) is 43.9 cm³/mol. The molecular weight excluding hydrogens is 245 g/mol. The minimum Gasteiger partial charge on any atom is -0.227 e. The maximum absolute atomic E-state index is 12.7. The van der Waals surface area contributed by atoms with Gasteiger partial charge in [0.25, 0.3) is 0 Å². The van der Waals surface area contributed by atoms with Crippen molar-refractivity contribution in [3.8, 4) is 0 Å². The highest BCUT2D eigenvalue weighted by Crippen LogP contribution is 2.40. The fourth-order valence-corrected chi connectivity index (χ4v) is 1.26. The first-order valence-corrected chi connectivity index (χ1v) is 4.16. The quantitative estimate of drug-likeness (QED) is 0.419. The second-order valence-electron chi connectivity index (χ2n) is 2.41. The third-order valence-electron chi connectivity index (χ3n) is 1.44. The minimum absolute atomic E-state index is 0.534. The van der Waals surface area contributed by atoms with Gasteiger partial charge in [0, 0.05) is 11.8 Å². The molecule has 0 spiro atoms. The molecule has 1 aromatic heterocycles. The van der Waals surface area contributed by atoms with Gasteiger partial charge in [-0.05, 0) is 6.07 Å². The lowest BCUT2D eigenvalue weighted by molar-refractivity contribution is -0.131. The number of aromatic nitrogens is 1. The van der Waals surface area contributed by atoms with Crippen LogP contribution in [0, 0.1) is 5.95 Å². The zero-order valence-corrected chi connectivity index (χ0v) is 7.96. The van der Waals surface area contributed by atoms with Gasteiger partial charge >= 0.3 is 6.18 Å². The van der Waals surface area contributed by atoms with E-state index >= 15 is 0 Å². The van der Waals surface area contributed by atoms with E-state index in [4.69, 9.17) is 23.2 Å². The molecule has 0 saturated heterocycles. The smallest absolute Gasteiger partial charge is 0.227 e. The number of alkyl halides is 4. The Morgan fingerprint density at radius 3 is 2.43 bits per heavy atom. The molecule has 0 saturated carbocycles. The van der Waals surface area contributed by atoms with Gasteiger partial charge in [-0.1, -0.05) is 11.6 Å². The van der Waals surface area contributed by atoms with E-state index in [1.165, 1.54) is 0 Å². The number of halogens is 6. The van der Waals surface area contributed by atoms with Crippen molar-refractivity contribution in [3.05, 3.63) is 28.8 Å². The van der Waals surface area contributed by atoms with E-state index in [9.17, 15) is 17.6 Å². The number of rotatable bonds is 1. The summed E-state index contributed by atoms with van der Waals surface area (Å²) in [6, 6.07) is 0.927. The third kappa shape index (κ3) is 2.27. The van der Waals surface area contributed by atoms with Crippen LogP contribution in [0.4, 0.5) is 17.6 Å². The molecule has 1 heterocycles. The number of pyridine rings is 1. The van der Waals surface area contributed by atoms with Crippen molar-refractivity contribution in [3.63, 3.8) is 0 Å². The highest BCUT2D eigenvalue weighted by atomic mass is 35.5. The van der Waals surface area contributed by atoms with E-state index < -0.39 is 28.1 Å². The van der Waals surface area contributed by atoms with E-state index in [0.29, 0.717) is 0 Å². The van der Waals surface area contributed by atoms with Crippen LogP contribution in [0.2, 0.25) is 5.02 Å². The summed E-state index contributed by atoms with van der Waals surface area (Å²) in [6.45, 7) is 0. The van der Waals surface area contributed by atoms with Gasteiger partial charge in [0.1, 0.15) is 5.02 Å². The molecule has 1 rings (SSSR count). The molecule has 0 aromatic carbocycles. The van der Waals surface area contributed by atoms with Crippen molar-refractivity contribution in [2.24, 2.45) is 0 Å². The molecule has 1 atom stereocenters. The van der Waals surface area contributed by atoms with Crippen LogP contribution in [0.15, 0.2) is 12.3 Å². The molecule has 0 aliphatic heterocycles. The van der Waals surface area contributed by atoms with Gasteiger partial charge < -0.3 is 0 Å². The third-order valence-corrected chi connectivity index (χ3v) is 2.29. The Balaban J connectivity index is 3.14. The molecule has 1 nitrogen and oxygen atoms in total. The Morgan fingerprint density at radius 1 is 1.36 bits per heavy atom. The maximum atomic E-state index is 12.7. The molecule has 7 heteroatoms. The first-order valence-electron chi connectivity index (χ1n) is 3.34. The van der Waals surface area contributed by atoms with Gasteiger partial charge in [0.15, 0.2) is 5.38 Å². The first kappa shape index (κ1) is 11.5. The van der Waals surface area contributed by atoms with Gasteiger partial charge in [-0.2, -0.15) is 17.6 Å². The fourth-order valence-electron chi connectivity index (χ4n) is 0.804. The summed E-state index contributed by atoms with van der Waals surface area (Å²) in [6.07, 6.45) is -3.79. The maximum Gasteiger partial charge on any atom is 0.408 e. The number of nitrogens with zero attached hydrogens (tertiary/aromatic N) is 1. The molecule has 0 N–H and O–H groups in total. The molecule has 1 aromatic rings. The number of hydrogen-bond donors (Lipinski definition) is 0. The summed E-state index contributed by atoms with van der Waals surface area (Å²) >= 11 is 10.3. The molecule has 1 unspecified atom stereocenters. The summed E-state index contributed by atoms with van der Waals surface area (Å²) in [5.74, 6) is -1.17. The van der Waals surface area contributed by atoms with Gasteiger partial charge in [-0.15, -0.1) is 11.6 Å². The Hall–Kier alpha value is -0.550. The van der Waals surface area contributed by atoms with Crippen molar-refractivity contribution in [2.75, 3.05) is 0 Å². The van der Waals surface area contributed by atoms with Crippen molar-refractivity contribution in [1.29, 1.82) is 0 Å². The van der Waals surface area contributed by atoms with E-state index in [2.05, 4.69) is 4.98 Å². The average Bonchev–Trinajstić information content (AvgIpc) is 2.07. The Labute approximate surface area is 86.6 Å². The van der Waals surface area contributed by atoms with E-state index in [-0.39, 0.29) is 0 Å². The monoisotopic (exact) mass is 247 g/mol. The summed E-state index contributed by atoms with van der Waals surface area (Å²) < 4.78 is 49.0. The van der Waals surface area contributed by atoms with Gasteiger partial charge in [0.2, 0.25) is 5.95 Å². The lowest BCUT2D eigenvalue weighted by Crippen LogP contribution is -2.16. The molecule has 78 valence electrons. The topological polar surface area (TPSA) is 12.9 Å². The van der Waals surface area contributed by atoms with E-state index in [1.54, 1.807) is 0 Å². The van der Waals surface area contributed by atoms with Crippen LogP contribution in [-0.2, 0) is 0 Å². The fraction of sp³-hybridized carbons (Fsp3) is 0.286. The summed E-state index contributed by atoms with van der Waals surface area (Å²) in [7, 11) is 0. The Morgan fingerprint density at radius 2 is 1.93 bits per heavy atom. The first-order chi connectivity index (χ1) is 6.34. The SMILES string of the molecule is Fc1nccc(C(Cl)C(F)(F)F)c1Cl. The van der Waals surface area contributed by atoms with Crippen LogP contribution < -0.4 is 0 Å². The van der Waals surface area contributed by atoms with Gasteiger partial charge in [-0.3, -0.25) is 0 Å². The Bertz CT molecular complexity index is 339. The molecule has 0 fully saturated rings. The van der Waals surface area contributed by atoms with Crippen LogP contribution in [0.25, 0.3) is 0 Å².